The molecule has 20 heavy (non-hydrogen) atoms. The van der Waals surface area contributed by atoms with Gasteiger partial charge >= 0.3 is 12.0 Å². The fourth-order valence-electron chi connectivity index (χ4n) is 2.48. The van der Waals surface area contributed by atoms with Gasteiger partial charge in [0.2, 0.25) is 5.91 Å². The molecule has 0 saturated carbocycles. The van der Waals surface area contributed by atoms with E-state index in [0.717, 1.165) is 0 Å². The van der Waals surface area contributed by atoms with E-state index in [1.165, 1.54) is 4.90 Å². The van der Waals surface area contributed by atoms with Crippen molar-refractivity contribution < 1.29 is 24.2 Å². The Labute approximate surface area is 116 Å². The minimum absolute atomic E-state index is 0.110. The second kappa shape index (κ2) is 6.08. The number of urea groups is 1. The Morgan fingerprint density at radius 3 is 2.80 bits per heavy atom. The lowest BCUT2D eigenvalue weighted by molar-refractivity contribution is -0.139. The molecule has 8 nitrogen and oxygen atoms in total. The van der Waals surface area contributed by atoms with Crippen LogP contribution >= 0.6 is 0 Å². The molecule has 2 rings (SSSR count). The molecule has 0 aromatic carbocycles. The van der Waals surface area contributed by atoms with Crippen LogP contribution in [0.25, 0.3) is 0 Å². The molecule has 2 fully saturated rings. The molecule has 2 unspecified atom stereocenters. The second-order valence-corrected chi connectivity index (χ2v) is 5.07. The SMILES string of the molecule is CN1CCC(NC(=O)N2CCOCC2CC(=O)O)C1=O. The molecule has 0 aromatic rings. The van der Waals surface area contributed by atoms with Crippen LogP contribution < -0.4 is 5.32 Å². The number of rotatable bonds is 3. The monoisotopic (exact) mass is 285 g/mol. The van der Waals surface area contributed by atoms with E-state index >= 15 is 0 Å². The molecule has 2 aliphatic heterocycles. The van der Waals surface area contributed by atoms with Crippen LogP contribution in [0.1, 0.15) is 12.8 Å². The second-order valence-electron chi connectivity index (χ2n) is 5.07. The van der Waals surface area contributed by atoms with Crippen LogP contribution in [0, 0.1) is 0 Å². The van der Waals surface area contributed by atoms with Gasteiger partial charge in [0.05, 0.1) is 25.7 Å². The van der Waals surface area contributed by atoms with E-state index in [9.17, 15) is 14.4 Å². The predicted octanol–water partition coefficient (Wildman–Crippen LogP) is -0.898. The minimum Gasteiger partial charge on any atom is -0.481 e. The molecule has 8 heteroatoms. The quantitative estimate of drug-likeness (QED) is 0.700. The van der Waals surface area contributed by atoms with Crippen molar-refractivity contribution in [2.75, 3.05) is 33.4 Å². The maximum atomic E-state index is 12.2. The van der Waals surface area contributed by atoms with Gasteiger partial charge in [0, 0.05) is 20.1 Å². The van der Waals surface area contributed by atoms with E-state index in [1.54, 1.807) is 11.9 Å². The summed E-state index contributed by atoms with van der Waals surface area (Å²) in [7, 11) is 1.69. The van der Waals surface area contributed by atoms with Gasteiger partial charge in [-0.05, 0) is 6.42 Å². The molecule has 112 valence electrons. The van der Waals surface area contributed by atoms with Crippen LogP contribution in [-0.4, -0.2) is 78.2 Å². The number of morpholine rings is 1. The van der Waals surface area contributed by atoms with Crippen LogP contribution in [-0.2, 0) is 14.3 Å². The molecule has 0 spiro atoms. The number of carbonyl (C=O) groups is 3. The highest BCUT2D eigenvalue weighted by Crippen LogP contribution is 2.13. The van der Waals surface area contributed by atoms with Crippen molar-refractivity contribution in [3.05, 3.63) is 0 Å². The summed E-state index contributed by atoms with van der Waals surface area (Å²) in [6.07, 6.45) is 0.418. The first-order chi connectivity index (χ1) is 9.49. The summed E-state index contributed by atoms with van der Waals surface area (Å²) in [6.45, 7) is 1.53. The van der Waals surface area contributed by atoms with Gasteiger partial charge in [-0.15, -0.1) is 0 Å². The summed E-state index contributed by atoms with van der Waals surface area (Å²) in [6, 6.07) is -1.40. The molecule has 0 aliphatic carbocycles. The van der Waals surface area contributed by atoms with Gasteiger partial charge in [0.25, 0.3) is 0 Å². The third-order valence-electron chi connectivity index (χ3n) is 3.62. The number of aliphatic carboxylic acids is 1. The zero-order valence-corrected chi connectivity index (χ0v) is 11.4. The standard InChI is InChI=1S/C12H19N3O5/c1-14-3-2-9(11(14)18)13-12(19)15-4-5-20-7-8(15)6-10(16)17/h8-9H,2-7H2,1H3,(H,13,19)(H,16,17). The molecule has 2 saturated heterocycles. The van der Waals surface area contributed by atoms with Crippen molar-refractivity contribution >= 4 is 17.9 Å². The number of hydrogen-bond donors (Lipinski definition) is 2. The molecule has 2 aliphatic rings. The molecule has 3 amide bonds. The molecule has 2 heterocycles. The smallest absolute Gasteiger partial charge is 0.318 e. The van der Waals surface area contributed by atoms with E-state index in [2.05, 4.69) is 5.32 Å². The molecular formula is C12H19N3O5. The lowest BCUT2D eigenvalue weighted by Gasteiger charge is -2.35. The highest BCUT2D eigenvalue weighted by molar-refractivity contribution is 5.88. The molecule has 0 radical (unpaired) electrons. The maximum Gasteiger partial charge on any atom is 0.318 e. The highest BCUT2D eigenvalue weighted by atomic mass is 16.5. The molecule has 2 N–H and O–H groups in total. The summed E-state index contributed by atoms with van der Waals surface area (Å²) in [5.74, 6) is -1.09. The Morgan fingerprint density at radius 1 is 1.45 bits per heavy atom. The Bertz CT molecular complexity index is 414. The van der Waals surface area contributed by atoms with Crippen LogP contribution in [0.5, 0.6) is 0 Å². The average molecular weight is 285 g/mol. The minimum atomic E-state index is -0.977. The van der Waals surface area contributed by atoms with E-state index in [0.29, 0.717) is 26.1 Å². The average Bonchev–Trinajstić information content (AvgIpc) is 2.70. The lowest BCUT2D eigenvalue weighted by Crippen LogP contribution is -2.55. The van der Waals surface area contributed by atoms with Crippen LogP contribution in [0.4, 0.5) is 4.79 Å². The largest absolute Gasteiger partial charge is 0.481 e. The van der Waals surface area contributed by atoms with Crippen molar-refractivity contribution in [3.63, 3.8) is 0 Å². The number of nitrogens with one attached hydrogen (secondary N) is 1. The van der Waals surface area contributed by atoms with Gasteiger partial charge in [-0.2, -0.15) is 0 Å². The normalized spacial score (nSPS) is 26.8. The third kappa shape index (κ3) is 3.19. The highest BCUT2D eigenvalue weighted by Gasteiger charge is 2.34. The summed E-state index contributed by atoms with van der Waals surface area (Å²) in [5.41, 5.74) is 0. The number of likely N-dealkylation sites (tertiary alicyclic amines) is 1. The molecule has 2 atom stereocenters. The summed E-state index contributed by atoms with van der Waals surface area (Å²) in [4.78, 5) is 37.8. The number of carbonyl (C=O) groups excluding carboxylic acids is 2. The molecule has 0 bridgehead atoms. The number of carboxylic acid groups (broad SMARTS) is 1. The fourth-order valence-corrected chi connectivity index (χ4v) is 2.48. The third-order valence-corrected chi connectivity index (χ3v) is 3.62. The van der Waals surface area contributed by atoms with Crippen molar-refractivity contribution in [2.45, 2.75) is 24.9 Å². The van der Waals surface area contributed by atoms with Crippen molar-refractivity contribution in [3.8, 4) is 0 Å². The number of likely N-dealkylation sites (N-methyl/N-ethyl adjacent to an activating group) is 1. The number of hydrogen-bond acceptors (Lipinski definition) is 4. The van der Waals surface area contributed by atoms with Gasteiger partial charge in [-0.25, -0.2) is 4.79 Å². The van der Waals surface area contributed by atoms with Crippen LogP contribution in [0.15, 0.2) is 0 Å². The van der Waals surface area contributed by atoms with Gasteiger partial charge in [-0.1, -0.05) is 0 Å². The zero-order chi connectivity index (χ0) is 14.7. The van der Waals surface area contributed by atoms with Gasteiger partial charge in [0.1, 0.15) is 6.04 Å². The van der Waals surface area contributed by atoms with E-state index in [1.807, 2.05) is 0 Å². The number of nitrogens with zero attached hydrogens (tertiary/aromatic N) is 2. The zero-order valence-electron chi connectivity index (χ0n) is 11.4. The first kappa shape index (κ1) is 14.6. The first-order valence-corrected chi connectivity index (χ1v) is 6.60. The topological polar surface area (TPSA) is 99.2 Å². The van der Waals surface area contributed by atoms with Gasteiger partial charge in [0.15, 0.2) is 0 Å². The van der Waals surface area contributed by atoms with E-state index in [-0.39, 0.29) is 18.9 Å². The first-order valence-electron chi connectivity index (χ1n) is 6.60. The summed E-state index contributed by atoms with van der Waals surface area (Å²) >= 11 is 0. The fraction of sp³-hybridized carbons (Fsp3) is 0.750. The van der Waals surface area contributed by atoms with Crippen molar-refractivity contribution in [2.24, 2.45) is 0 Å². The number of amides is 3. The van der Waals surface area contributed by atoms with E-state index in [4.69, 9.17) is 9.84 Å². The van der Waals surface area contributed by atoms with Crippen molar-refractivity contribution in [1.29, 1.82) is 0 Å². The van der Waals surface area contributed by atoms with E-state index < -0.39 is 24.1 Å². The number of ether oxygens (including phenoxy) is 1. The molecular weight excluding hydrogens is 266 g/mol. The van der Waals surface area contributed by atoms with Gasteiger partial charge < -0.3 is 25.0 Å². The lowest BCUT2D eigenvalue weighted by atomic mass is 10.1. The number of carboxylic acids is 1. The van der Waals surface area contributed by atoms with Crippen LogP contribution in [0.2, 0.25) is 0 Å². The Morgan fingerprint density at radius 2 is 2.20 bits per heavy atom. The Balaban J connectivity index is 1.95. The van der Waals surface area contributed by atoms with Crippen molar-refractivity contribution in [1.82, 2.24) is 15.1 Å². The Hall–Kier alpha value is -1.83. The van der Waals surface area contributed by atoms with Crippen LogP contribution in [0.3, 0.4) is 0 Å². The predicted molar refractivity (Wildman–Crippen MR) is 68.1 cm³/mol. The Kier molecular flexibility index (Phi) is 4.43. The summed E-state index contributed by atoms with van der Waals surface area (Å²) < 4.78 is 5.21. The van der Waals surface area contributed by atoms with Gasteiger partial charge in [-0.3, -0.25) is 9.59 Å². The molecule has 0 aromatic heterocycles. The summed E-state index contributed by atoms with van der Waals surface area (Å²) in [5, 5.41) is 11.5. The maximum absolute atomic E-state index is 12.2.